The summed E-state index contributed by atoms with van der Waals surface area (Å²) in [5, 5.41) is 0. The highest BCUT2D eigenvalue weighted by Gasteiger charge is 2.27. The molecule has 0 bridgehead atoms. The van der Waals surface area contributed by atoms with Crippen molar-refractivity contribution in [3.8, 4) is 0 Å². The first-order valence-electron chi connectivity index (χ1n) is 8.18. The fraction of sp³-hybridized carbons (Fsp3) is 0.647. The predicted molar refractivity (Wildman–Crippen MR) is 90.1 cm³/mol. The molecule has 1 aliphatic heterocycles. The van der Waals surface area contributed by atoms with E-state index < -0.39 is 0 Å². The molecular formula is C17H29BN2. The molecule has 1 aromatic carbocycles. The number of rotatable bonds is 7. The van der Waals surface area contributed by atoms with E-state index in [-0.39, 0.29) is 0 Å². The van der Waals surface area contributed by atoms with Gasteiger partial charge in [0, 0.05) is 25.7 Å². The summed E-state index contributed by atoms with van der Waals surface area (Å²) >= 11 is 0. The fourth-order valence-electron chi connectivity index (χ4n) is 3.16. The normalized spacial score (nSPS) is 17.9. The van der Waals surface area contributed by atoms with E-state index in [0.717, 1.165) is 18.9 Å². The molecular weight excluding hydrogens is 243 g/mol. The third-order valence-corrected chi connectivity index (χ3v) is 4.50. The third-order valence-electron chi connectivity index (χ3n) is 4.50. The molecule has 2 N–H and O–H groups in total. The topological polar surface area (TPSA) is 29.3 Å². The largest absolute Gasteiger partial charge is 0.327 e. The first-order chi connectivity index (χ1) is 9.62. The van der Waals surface area contributed by atoms with Crippen LogP contribution in [0.4, 0.5) is 0 Å². The zero-order chi connectivity index (χ0) is 14.5. The molecule has 1 heterocycles. The van der Waals surface area contributed by atoms with Crippen molar-refractivity contribution in [3.05, 3.63) is 34.9 Å². The van der Waals surface area contributed by atoms with E-state index in [9.17, 15) is 0 Å². The Labute approximate surface area is 125 Å². The van der Waals surface area contributed by atoms with Crippen molar-refractivity contribution in [2.75, 3.05) is 19.6 Å². The van der Waals surface area contributed by atoms with Gasteiger partial charge in [-0.3, -0.25) is 0 Å². The van der Waals surface area contributed by atoms with Crippen LogP contribution in [-0.2, 0) is 12.8 Å². The zero-order valence-corrected chi connectivity index (χ0v) is 13.4. The molecule has 2 nitrogen and oxygen atoms in total. The van der Waals surface area contributed by atoms with Crippen LogP contribution < -0.4 is 5.73 Å². The van der Waals surface area contributed by atoms with Crippen molar-refractivity contribution < 1.29 is 0 Å². The Balaban J connectivity index is 1.81. The first kappa shape index (κ1) is 15.6. The predicted octanol–water partition coefficient (Wildman–Crippen LogP) is 1.80. The van der Waals surface area contributed by atoms with Gasteiger partial charge in [-0.1, -0.05) is 31.4 Å². The van der Waals surface area contributed by atoms with Gasteiger partial charge in [0.1, 0.15) is 7.85 Å². The Morgan fingerprint density at radius 2 is 2.15 bits per heavy atom. The van der Waals surface area contributed by atoms with Gasteiger partial charge >= 0.3 is 0 Å². The Morgan fingerprint density at radius 3 is 2.75 bits per heavy atom. The average Bonchev–Trinajstić information content (AvgIpc) is 2.38. The second-order valence-electron chi connectivity index (χ2n) is 6.47. The van der Waals surface area contributed by atoms with Crippen LogP contribution in [0.5, 0.6) is 0 Å². The van der Waals surface area contributed by atoms with E-state index in [1.807, 2.05) is 0 Å². The second-order valence-corrected chi connectivity index (χ2v) is 6.47. The number of nitrogens with two attached hydrogens (primary N) is 1. The zero-order valence-electron chi connectivity index (χ0n) is 13.4. The molecule has 1 saturated heterocycles. The van der Waals surface area contributed by atoms with Gasteiger partial charge in [0.15, 0.2) is 0 Å². The molecule has 0 spiro atoms. The summed E-state index contributed by atoms with van der Waals surface area (Å²) in [4.78, 5) is 2.50. The van der Waals surface area contributed by atoms with Crippen LogP contribution >= 0.6 is 0 Å². The van der Waals surface area contributed by atoms with E-state index >= 15 is 0 Å². The smallest absolute Gasteiger partial charge is 0.101 e. The van der Waals surface area contributed by atoms with Gasteiger partial charge in [-0.2, -0.15) is 0 Å². The molecule has 0 saturated carbocycles. The van der Waals surface area contributed by atoms with Crippen LogP contribution in [0.25, 0.3) is 0 Å². The lowest BCUT2D eigenvalue weighted by Gasteiger charge is -2.41. The first-order valence-corrected chi connectivity index (χ1v) is 8.18. The number of hydrogen-bond donors (Lipinski definition) is 1. The van der Waals surface area contributed by atoms with E-state index in [1.54, 1.807) is 0 Å². The Kier molecular flexibility index (Phi) is 5.68. The fourth-order valence-corrected chi connectivity index (χ4v) is 3.16. The molecule has 0 aliphatic carbocycles. The van der Waals surface area contributed by atoms with Crippen molar-refractivity contribution in [2.24, 2.45) is 11.7 Å². The van der Waals surface area contributed by atoms with Crippen LogP contribution in [0, 0.1) is 12.8 Å². The maximum Gasteiger partial charge on any atom is 0.101 e. The van der Waals surface area contributed by atoms with Crippen LogP contribution in [-0.4, -0.2) is 38.4 Å². The molecule has 1 aromatic rings. The van der Waals surface area contributed by atoms with Crippen molar-refractivity contribution in [1.82, 2.24) is 4.90 Å². The highest BCUT2D eigenvalue weighted by molar-refractivity contribution is 6.08. The Hall–Kier alpha value is -0.795. The van der Waals surface area contributed by atoms with Gasteiger partial charge in [-0.05, 0) is 48.8 Å². The minimum absolute atomic E-state index is 0.353. The number of nitrogens with zero attached hydrogens (tertiary/aromatic N) is 1. The lowest BCUT2D eigenvalue weighted by molar-refractivity contribution is 0.0930. The van der Waals surface area contributed by atoms with Gasteiger partial charge < -0.3 is 10.6 Å². The SMILES string of the molecule is BCCc1ccc(CC2CN(CC(N)CC)C2)c(C)c1. The van der Waals surface area contributed by atoms with Crippen molar-refractivity contribution >= 4 is 7.85 Å². The molecule has 1 unspecified atom stereocenters. The van der Waals surface area contributed by atoms with E-state index in [0.29, 0.717) is 6.04 Å². The minimum Gasteiger partial charge on any atom is -0.327 e. The summed E-state index contributed by atoms with van der Waals surface area (Å²) < 4.78 is 0. The van der Waals surface area contributed by atoms with Gasteiger partial charge in [-0.15, -0.1) is 0 Å². The van der Waals surface area contributed by atoms with E-state index in [2.05, 4.69) is 44.8 Å². The number of benzene rings is 1. The highest BCUT2D eigenvalue weighted by Crippen LogP contribution is 2.23. The summed E-state index contributed by atoms with van der Waals surface area (Å²) in [5.41, 5.74) is 10.5. The monoisotopic (exact) mass is 272 g/mol. The molecule has 1 atom stereocenters. The van der Waals surface area contributed by atoms with Gasteiger partial charge in [0.2, 0.25) is 0 Å². The number of likely N-dealkylation sites (tertiary alicyclic amines) is 1. The van der Waals surface area contributed by atoms with Gasteiger partial charge in [-0.25, -0.2) is 0 Å². The Morgan fingerprint density at radius 1 is 1.40 bits per heavy atom. The molecule has 20 heavy (non-hydrogen) atoms. The summed E-state index contributed by atoms with van der Waals surface area (Å²) in [6, 6.07) is 7.39. The highest BCUT2D eigenvalue weighted by atomic mass is 15.2. The molecule has 3 heteroatoms. The van der Waals surface area contributed by atoms with Crippen molar-refractivity contribution in [2.45, 2.75) is 45.5 Å². The van der Waals surface area contributed by atoms with Crippen molar-refractivity contribution in [1.29, 1.82) is 0 Å². The van der Waals surface area contributed by atoms with E-state index in [4.69, 9.17) is 5.73 Å². The second kappa shape index (κ2) is 7.28. The number of hydrogen-bond acceptors (Lipinski definition) is 2. The maximum atomic E-state index is 6.01. The third kappa shape index (κ3) is 4.10. The molecule has 0 radical (unpaired) electrons. The molecule has 1 fully saturated rings. The standard InChI is InChI=1S/C17H29BN2/c1-3-17(19)12-20-10-15(11-20)9-16-5-4-14(6-7-18)8-13(16)2/h4-5,8,15,17H,3,6-7,9-12,18-19H2,1-2H3. The number of aryl methyl sites for hydroxylation is 2. The van der Waals surface area contributed by atoms with Crippen LogP contribution in [0.15, 0.2) is 18.2 Å². The molecule has 1 aliphatic rings. The van der Waals surface area contributed by atoms with Crippen LogP contribution in [0.2, 0.25) is 6.32 Å². The average molecular weight is 272 g/mol. The minimum atomic E-state index is 0.353. The molecule has 0 amide bonds. The van der Waals surface area contributed by atoms with E-state index in [1.165, 1.54) is 48.9 Å². The maximum absolute atomic E-state index is 6.01. The van der Waals surface area contributed by atoms with Crippen LogP contribution in [0.3, 0.4) is 0 Å². The summed E-state index contributed by atoms with van der Waals surface area (Å²) in [5.74, 6) is 0.829. The van der Waals surface area contributed by atoms with Gasteiger partial charge in [0.05, 0.1) is 0 Å². The van der Waals surface area contributed by atoms with Crippen molar-refractivity contribution in [3.63, 3.8) is 0 Å². The van der Waals surface area contributed by atoms with Gasteiger partial charge in [0.25, 0.3) is 0 Å². The Bertz CT molecular complexity index is 427. The summed E-state index contributed by atoms with van der Waals surface area (Å²) in [7, 11) is 2.24. The quantitative estimate of drug-likeness (QED) is 0.767. The lowest BCUT2D eigenvalue weighted by atomic mass is 9.88. The van der Waals surface area contributed by atoms with Crippen LogP contribution in [0.1, 0.15) is 30.0 Å². The summed E-state index contributed by atoms with van der Waals surface area (Å²) in [6.45, 7) is 7.95. The molecule has 0 aromatic heterocycles. The molecule has 2 rings (SSSR count). The molecule has 110 valence electrons. The summed E-state index contributed by atoms with van der Waals surface area (Å²) in [6.07, 6.45) is 4.75. The lowest BCUT2D eigenvalue weighted by Crippen LogP contribution is -2.51.